The van der Waals surface area contributed by atoms with Gasteiger partial charge in [0.2, 0.25) is 5.91 Å². The van der Waals surface area contributed by atoms with Gasteiger partial charge in [0.25, 0.3) is 0 Å². The van der Waals surface area contributed by atoms with Gasteiger partial charge in [-0.2, -0.15) is 0 Å². The highest BCUT2D eigenvalue weighted by molar-refractivity contribution is 5.88. The fraction of sp³-hybridized carbons (Fsp3) is 0.462. The number of nitrogens with one attached hydrogen (secondary N) is 1. The van der Waals surface area contributed by atoms with Crippen molar-refractivity contribution in [3.63, 3.8) is 0 Å². The number of amides is 1. The number of carbonyl (C=O) groups excluding carboxylic acids is 1. The summed E-state index contributed by atoms with van der Waals surface area (Å²) in [5.41, 5.74) is 1.01. The molecule has 1 heterocycles. The Bertz CT molecular complexity index is 348. The molecule has 0 saturated carbocycles. The molecule has 0 radical (unpaired) electrons. The van der Waals surface area contributed by atoms with E-state index in [0.29, 0.717) is 0 Å². The van der Waals surface area contributed by atoms with Gasteiger partial charge in [0.05, 0.1) is 6.26 Å². The van der Waals surface area contributed by atoms with Crippen LogP contribution in [0.25, 0.3) is 0 Å². The molecule has 0 fully saturated rings. The maximum atomic E-state index is 11.4. The van der Waals surface area contributed by atoms with Crippen LogP contribution in [0.4, 0.5) is 0 Å². The second kappa shape index (κ2) is 6.16. The molecule has 0 bridgehead atoms. The topological polar surface area (TPSA) is 42.2 Å². The zero-order valence-corrected chi connectivity index (χ0v) is 10.1. The summed E-state index contributed by atoms with van der Waals surface area (Å²) in [6.45, 7) is 5.82. The van der Waals surface area contributed by atoms with Crippen molar-refractivity contribution in [2.75, 3.05) is 0 Å². The average Bonchev–Trinajstić information content (AvgIpc) is 2.65. The number of carbonyl (C=O) groups is 1. The maximum Gasteiger partial charge on any atom is 0.244 e. The van der Waals surface area contributed by atoms with Crippen LogP contribution >= 0.6 is 0 Å². The Kier molecular flexibility index (Phi) is 4.83. The highest BCUT2D eigenvalue weighted by Crippen LogP contribution is 2.05. The van der Waals surface area contributed by atoms with Crippen LogP contribution in [0.1, 0.15) is 33.0 Å². The van der Waals surface area contributed by atoms with Gasteiger partial charge in [-0.3, -0.25) is 4.79 Å². The Morgan fingerprint density at radius 1 is 1.56 bits per heavy atom. The molecule has 1 N–H and O–H groups in total. The van der Waals surface area contributed by atoms with E-state index in [9.17, 15) is 4.79 Å². The molecule has 1 rings (SSSR count). The summed E-state index contributed by atoms with van der Waals surface area (Å²) in [5, 5.41) is 2.92. The number of hydrogen-bond donors (Lipinski definition) is 1. The van der Waals surface area contributed by atoms with Gasteiger partial charge in [-0.1, -0.05) is 5.57 Å². The Morgan fingerprint density at radius 2 is 2.31 bits per heavy atom. The lowest BCUT2D eigenvalue weighted by Gasteiger charge is -2.11. The van der Waals surface area contributed by atoms with Gasteiger partial charge >= 0.3 is 0 Å². The third-order valence-corrected chi connectivity index (χ3v) is 2.21. The molecule has 0 unspecified atom stereocenters. The fourth-order valence-corrected chi connectivity index (χ4v) is 1.43. The molecule has 3 heteroatoms. The van der Waals surface area contributed by atoms with Crippen molar-refractivity contribution in [3.8, 4) is 0 Å². The molecule has 0 saturated heterocycles. The molecule has 1 aromatic heterocycles. The molecule has 0 aliphatic carbocycles. The van der Waals surface area contributed by atoms with E-state index in [0.717, 1.165) is 24.2 Å². The van der Waals surface area contributed by atoms with E-state index in [2.05, 4.69) is 5.32 Å². The van der Waals surface area contributed by atoms with Crippen molar-refractivity contribution in [1.29, 1.82) is 0 Å². The van der Waals surface area contributed by atoms with Crippen molar-refractivity contribution in [2.45, 2.75) is 39.7 Å². The van der Waals surface area contributed by atoms with E-state index in [1.54, 1.807) is 12.3 Å². The summed E-state index contributed by atoms with van der Waals surface area (Å²) < 4.78 is 5.23. The largest absolute Gasteiger partial charge is 0.469 e. The van der Waals surface area contributed by atoms with Gasteiger partial charge in [0.1, 0.15) is 5.76 Å². The van der Waals surface area contributed by atoms with Crippen molar-refractivity contribution < 1.29 is 9.21 Å². The molecular weight excluding hydrogens is 202 g/mol. The van der Waals surface area contributed by atoms with Crippen LogP contribution in [-0.2, 0) is 11.2 Å². The summed E-state index contributed by atoms with van der Waals surface area (Å²) >= 11 is 0. The average molecular weight is 221 g/mol. The van der Waals surface area contributed by atoms with Crippen molar-refractivity contribution in [2.24, 2.45) is 0 Å². The van der Waals surface area contributed by atoms with Gasteiger partial charge in [-0.15, -0.1) is 0 Å². The predicted octanol–water partition coefficient (Wildman–Crippen LogP) is 2.68. The van der Waals surface area contributed by atoms with Gasteiger partial charge in [-0.25, -0.2) is 0 Å². The van der Waals surface area contributed by atoms with Gasteiger partial charge in [0.15, 0.2) is 0 Å². The van der Waals surface area contributed by atoms with E-state index in [1.165, 1.54) is 0 Å². The lowest BCUT2D eigenvalue weighted by Crippen LogP contribution is -2.31. The molecule has 1 amide bonds. The minimum atomic E-state index is -0.0213. The first-order valence-corrected chi connectivity index (χ1v) is 5.55. The number of aryl methyl sites for hydroxylation is 1. The van der Waals surface area contributed by atoms with Crippen LogP contribution in [0.3, 0.4) is 0 Å². The van der Waals surface area contributed by atoms with Crippen LogP contribution in [0.5, 0.6) is 0 Å². The van der Waals surface area contributed by atoms with E-state index < -0.39 is 0 Å². The Morgan fingerprint density at radius 3 is 2.88 bits per heavy atom. The minimum absolute atomic E-state index is 0.0213. The summed E-state index contributed by atoms with van der Waals surface area (Å²) in [6, 6.07) is 3.99. The highest BCUT2D eigenvalue weighted by atomic mass is 16.3. The predicted molar refractivity (Wildman–Crippen MR) is 64.1 cm³/mol. The summed E-state index contributed by atoms with van der Waals surface area (Å²) in [7, 11) is 0. The van der Waals surface area contributed by atoms with Crippen molar-refractivity contribution >= 4 is 5.91 Å². The third kappa shape index (κ3) is 4.82. The molecular formula is C13H19NO2. The molecule has 0 spiro atoms. The quantitative estimate of drug-likeness (QED) is 0.777. The summed E-state index contributed by atoms with van der Waals surface area (Å²) in [5.74, 6) is 0.940. The minimum Gasteiger partial charge on any atom is -0.469 e. The zero-order chi connectivity index (χ0) is 12.0. The zero-order valence-electron chi connectivity index (χ0n) is 10.1. The maximum absolute atomic E-state index is 11.4. The van der Waals surface area contributed by atoms with Crippen molar-refractivity contribution in [3.05, 3.63) is 35.8 Å². The molecule has 1 aromatic rings. The Hall–Kier alpha value is -1.51. The lowest BCUT2D eigenvalue weighted by atomic mass is 10.1. The van der Waals surface area contributed by atoms with Crippen LogP contribution in [-0.4, -0.2) is 11.9 Å². The first-order chi connectivity index (χ1) is 7.58. The second-order valence-electron chi connectivity index (χ2n) is 4.25. The summed E-state index contributed by atoms with van der Waals surface area (Å²) in [4.78, 5) is 11.4. The normalized spacial score (nSPS) is 11.9. The lowest BCUT2D eigenvalue weighted by molar-refractivity contribution is -0.117. The SMILES string of the molecule is CC(C)=CC(=O)N[C@H](C)CCc1ccco1. The van der Waals surface area contributed by atoms with Crippen LogP contribution < -0.4 is 5.32 Å². The first-order valence-electron chi connectivity index (χ1n) is 5.55. The van der Waals surface area contributed by atoms with E-state index in [-0.39, 0.29) is 11.9 Å². The third-order valence-electron chi connectivity index (χ3n) is 2.21. The summed E-state index contributed by atoms with van der Waals surface area (Å²) in [6.07, 6.45) is 5.02. The first kappa shape index (κ1) is 12.6. The number of allylic oxidation sites excluding steroid dienone is 1. The van der Waals surface area contributed by atoms with Crippen LogP contribution in [0.15, 0.2) is 34.5 Å². The highest BCUT2D eigenvalue weighted by Gasteiger charge is 2.06. The molecule has 3 nitrogen and oxygen atoms in total. The molecule has 1 atom stereocenters. The van der Waals surface area contributed by atoms with Gasteiger partial charge in [-0.05, 0) is 39.3 Å². The molecule has 16 heavy (non-hydrogen) atoms. The fourth-order valence-electron chi connectivity index (χ4n) is 1.43. The van der Waals surface area contributed by atoms with Crippen molar-refractivity contribution in [1.82, 2.24) is 5.32 Å². The number of hydrogen-bond acceptors (Lipinski definition) is 2. The van der Waals surface area contributed by atoms with E-state index in [4.69, 9.17) is 4.42 Å². The second-order valence-corrected chi connectivity index (χ2v) is 4.25. The number of rotatable bonds is 5. The van der Waals surface area contributed by atoms with E-state index >= 15 is 0 Å². The monoisotopic (exact) mass is 221 g/mol. The standard InChI is InChI=1S/C13H19NO2/c1-10(2)9-13(15)14-11(3)6-7-12-5-4-8-16-12/h4-5,8-9,11H,6-7H2,1-3H3,(H,14,15)/t11-/m1/s1. The Labute approximate surface area is 96.5 Å². The smallest absolute Gasteiger partial charge is 0.244 e. The molecule has 88 valence electrons. The van der Waals surface area contributed by atoms with Crippen LogP contribution in [0, 0.1) is 0 Å². The van der Waals surface area contributed by atoms with Gasteiger partial charge in [0, 0.05) is 18.5 Å². The van der Waals surface area contributed by atoms with Crippen LogP contribution in [0.2, 0.25) is 0 Å². The molecule has 0 aliphatic rings. The molecule has 0 aliphatic heterocycles. The number of furan rings is 1. The van der Waals surface area contributed by atoms with Gasteiger partial charge < -0.3 is 9.73 Å². The Balaban J connectivity index is 2.28. The van der Waals surface area contributed by atoms with E-state index in [1.807, 2.05) is 32.9 Å². The molecule has 0 aromatic carbocycles.